The number of halogens is 2. The summed E-state index contributed by atoms with van der Waals surface area (Å²) in [6.45, 7) is 4.78. The van der Waals surface area contributed by atoms with Crippen molar-refractivity contribution in [2.75, 3.05) is 20.2 Å². The monoisotopic (exact) mass is 416 g/mol. The molecule has 150 valence electrons. The topological polar surface area (TPSA) is 78.2 Å². The number of hydrogen-bond acceptors (Lipinski definition) is 5. The van der Waals surface area contributed by atoms with Crippen molar-refractivity contribution < 1.29 is 9.53 Å². The van der Waals surface area contributed by atoms with Crippen LogP contribution < -0.4 is 11.0 Å². The van der Waals surface area contributed by atoms with Gasteiger partial charge in [-0.1, -0.05) is 12.1 Å². The van der Waals surface area contributed by atoms with E-state index in [1.807, 2.05) is 13.0 Å². The third kappa shape index (κ3) is 5.12. The smallest absolute Gasteiger partial charge is 0.346 e. The third-order valence-corrected chi connectivity index (χ3v) is 4.61. The molecule has 7 nitrogen and oxygen atoms in total. The van der Waals surface area contributed by atoms with Gasteiger partial charge in [-0.3, -0.25) is 4.57 Å². The van der Waals surface area contributed by atoms with E-state index in [1.54, 1.807) is 22.8 Å². The normalized spacial score (nSPS) is 16.1. The highest BCUT2D eigenvalue weighted by Crippen LogP contribution is 2.20. The van der Waals surface area contributed by atoms with Crippen LogP contribution >= 0.6 is 24.8 Å². The second-order valence-corrected chi connectivity index (χ2v) is 6.28. The zero-order valence-corrected chi connectivity index (χ0v) is 17.1. The van der Waals surface area contributed by atoms with Crippen LogP contribution in [-0.2, 0) is 17.8 Å². The molecule has 1 fully saturated rings. The molecular weight excluding hydrogens is 391 g/mol. The standard InChI is InChI=1S/C18H24N4O3.2ClH/c1-3-21-16(15-8-5-9-19-11-15)20-22(18(21)24)12-13-6-4-7-14(10-13)17(23)25-2;;/h4,6-7,10,15,19H,3,5,8-9,11-12H2,1-2H3;2*1H. The van der Waals surface area contributed by atoms with Gasteiger partial charge < -0.3 is 10.1 Å². The summed E-state index contributed by atoms with van der Waals surface area (Å²) in [6.07, 6.45) is 2.14. The molecule has 1 aliphatic heterocycles. The van der Waals surface area contributed by atoms with E-state index in [0.717, 1.165) is 37.3 Å². The predicted octanol–water partition coefficient (Wildman–Crippen LogP) is 2.21. The molecule has 0 amide bonds. The number of aromatic nitrogens is 3. The van der Waals surface area contributed by atoms with Crippen molar-refractivity contribution in [3.63, 3.8) is 0 Å². The summed E-state index contributed by atoms with van der Waals surface area (Å²) in [5.74, 6) is 0.732. The molecule has 1 unspecified atom stereocenters. The van der Waals surface area contributed by atoms with Crippen LogP contribution in [0.15, 0.2) is 29.1 Å². The third-order valence-electron chi connectivity index (χ3n) is 4.61. The number of nitrogens with one attached hydrogen (secondary N) is 1. The maximum absolute atomic E-state index is 12.7. The van der Waals surface area contributed by atoms with E-state index in [-0.39, 0.29) is 42.4 Å². The number of piperidine rings is 1. The first-order valence-corrected chi connectivity index (χ1v) is 8.69. The fourth-order valence-electron chi connectivity index (χ4n) is 3.32. The van der Waals surface area contributed by atoms with E-state index < -0.39 is 0 Å². The Kier molecular flexibility index (Phi) is 9.02. The molecule has 1 aliphatic rings. The van der Waals surface area contributed by atoms with Crippen LogP contribution in [0.3, 0.4) is 0 Å². The molecule has 0 bridgehead atoms. The molecule has 1 aromatic carbocycles. The lowest BCUT2D eigenvalue weighted by atomic mass is 9.99. The number of hydrogen-bond donors (Lipinski definition) is 1. The number of benzene rings is 1. The van der Waals surface area contributed by atoms with E-state index in [9.17, 15) is 9.59 Å². The largest absolute Gasteiger partial charge is 0.465 e. The van der Waals surface area contributed by atoms with Crippen molar-refractivity contribution in [3.8, 4) is 0 Å². The Morgan fingerprint density at radius 1 is 1.37 bits per heavy atom. The number of nitrogens with zero attached hydrogens (tertiary/aromatic N) is 3. The molecule has 0 radical (unpaired) electrons. The molecule has 27 heavy (non-hydrogen) atoms. The minimum atomic E-state index is -0.387. The van der Waals surface area contributed by atoms with E-state index in [0.29, 0.717) is 18.7 Å². The molecular formula is C18H26Cl2N4O3. The number of carbonyl (C=O) groups is 1. The number of carbonyl (C=O) groups excluding carboxylic acids is 1. The molecule has 2 heterocycles. The van der Waals surface area contributed by atoms with Gasteiger partial charge in [-0.05, 0) is 44.0 Å². The lowest BCUT2D eigenvalue weighted by molar-refractivity contribution is 0.0600. The Hall–Kier alpha value is -1.83. The van der Waals surface area contributed by atoms with Crippen molar-refractivity contribution in [2.45, 2.75) is 38.8 Å². The zero-order chi connectivity index (χ0) is 17.8. The lowest BCUT2D eigenvalue weighted by Gasteiger charge is -2.21. The summed E-state index contributed by atoms with van der Waals surface area (Å²) < 4.78 is 7.99. The Balaban J connectivity index is 0.00000182. The van der Waals surface area contributed by atoms with Crippen LogP contribution in [0.1, 0.15) is 47.4 Å². The summed E-state index contributed by atoms with van der Waals surface area (Å²) in [5.41, 5.74) is 1.21. The van der Waals surface area contributed by atoms with Crippen molar-refractivity contribution in [3.05, 3.63) is 51.7 Å². The van der Waals surface area contributed by atoms with Crippen LogP contribution in [0.25, 0.3) is 0 Å². The number of methoxy groups -OCH3 is 1. The number of rotatable bonds is 5. The van der Waals surface area contributed by atoms with Crippen molar-refractivity contribution in [1.82, 2.24) is 19.7 Å². The van der Waals surface area contributed by atoms with E-state index in [1.165, 1.54) is 11.8 Å². The molecule has 1 saturated heterocycles. The van der Waals surface area contributed by atoms with Gasteiger partial charge in [0.1, 0.15) is 5.82 Å². The Labute approximate surface area is 170 Å². The Morgan fingerprint density at radius 3 is 2.78 bits per heavy atom. The minimum Gasteiger partial charge on any atom is -0.465 e. The van der Waals surface area contributed by atoms with E-state index in [4.69, 9.17) is 4.74 Å². The van der Waals surface area contributed by atoms with Gasteiger partial charge in [-0.15, -0.1) is 24.8 Å². The highest BCUT2D eigenvalue weighted by Gasteiger charge is 2.23. The van der Waals surface area contributed by atoms with E-state index in [2.05, 4.69) is 10.4 Å². The molecule has 0 spiro atoms. The van der Waals surface area contributed by atoms with Gasteiger partial charge in [0.15, 0.2) is 0 Å². The lowest BCUT2D eigenvalue weighted by Crippen LogP contribution is -2.31. The molecule has 9 heteroatoms. The summed E-state index contributed by atoms with van der Waals surface area (Å²) in [5, 5.41) is 7.98. The van der Waals surface area contributed by atoms with Gasteiger partial charge in [0.25, 0.3) is 0 Å². The average molecular weight is 417 g/mol. The molecule has 2 aromatic rings. The molecule has 1 N–H and O–H groups in total. The molecule has 3 rings (SSSR count). The zero-order valence-electron chi connectivity index (χ0n) is 15.5. The molecule has 1 atom stereocenters. The van der Waals surface area contributed by atoms with Gasteiger partial charge in [0.2, 0.25) is 0 Å². The Bertz CT molecular complexity index is 813. The summed E-state index contributed by atoms with van der Waals surface area (Å²) >= 11 is 0. The molecule has 1 aromatic heterocycles. The first kappa shape index (κ1) is 23.2. The second kappa shape index (κ2) is 10.5. The van der Waals surface area contributed by atoms with Gasteiger partial charge in [-0.2, -0.15) is 5.10 Å². The average Bonchev–Trinajstić information content (AvgIpc) is 2.97. The second-order valence-electron chi connectivity index (χ2n) is 6.28. The number of ether oxygens (including phenoxy) is 1. The first-order chi connectivity index (χ1) is 12.1. The van der Waals surface area contributed by atoms with Crippen LogP contribution in [0.5, 0.6) is 0 Å². The summed E-state index contributed by atoms with van der Waals surface area (Å²) in [4.78, 5) is 24.4. The van der Waals surface area contributed by atoms with Gasteiger partial charge in [0.05, 0.1) is 19.2 Å². The van der Waals surface area contributed by atoms with Crippen LogP contribution in [0.4, 0.5) is 0 Å². The fourth-order valence-corrected chi connectivity index (χ4v) is 3.32. The highest BCUT2D eigenvalue weighted by atomic mass is 35.5. The summed E-state index contributed by atoms with van der Waals surface area (Å²) in [6, 6.07) is 7.11. The van der Waals surface area contributed by atoms with Gasteiger partial charge in [-0.25, -0.2) is 14.3 Å². The summed E-state index contributed by atoms with van der Waals surface area (Å²) in [7, 11) is 1.35. The predicted molar refractivity (Wildman–Crippen MR) is 108 cm³/mol. The number of esters is 1. The first-order valence-electron chi connectivity index (χ1n) is 8.69. The van der Waals surface area contributed by atoms with Crippen LogP contribution in [0, 0.1) is 0 Å². The molecule has 0 aliphatic carbocycles. The van der Waals surface area contributed by atoms with Crippen molar-refractivity contribution >= 4 is 30.8 Å². The fraction of sp³-hybridized carbons (Fsp3) is 0.500. The SMILES string of the molecule is CCn1c(C2CCCNC2)nn(Cc2cccc(C(=O)OC)c2)c1=O.Cl.Cl. The quantitative estimate of drug-likeness (QED) is 0.755. The molecule has 0 saturated carbocycles. The highest BCUT2D eigenvalue weighted by molar-refractivity contribution is 5.89. The van der Waals surface area contributed by atoms with Crippen LogP contribution in [-0.4, -0.2) is 40.5 Å². The van der Waals surface area contributed by atoms with Crippen molar-refractivity contribution in [1.29, 1.82) is 0 Å². The van der Waals surface area contributed by atoms with Gasteiger partial charge in [0, 0.05) is 19.0 Å². The maximum atomic E-state index is 12.7. The maximum Gasteiger partial charge on any atom is 0.346 e. The Morgan fingerprint density at radius 2 is 2.15 bits per heavy atom. The minimum absolute atomic E-state index is 0. The van der Waals surface area contributed by atoms with Crippen molar-refractivity contribution in [2.24, 2.45) is 0 Å². The van der Waals surface area contributed by atoms with Crippen LogP contribution in [0.2, 0.25) is 0 Å². The van der Waals surface area contributed by atoms with E-state index >= 15 is 0 Å². The van der Waals surface area contributed by atoms with Gasteiger partial charge >= 0.3 is 11.7 Å².